The first-order valence-electron chi connectivity index (χ1n) is 3.98. The van der Waals surface area contributed by atoms with Gasteiger partial charge in [-0.3, -0.25) is 9.59 Å². The van der Waals surface area contributed by atoms with Crippen LogP contribution in [0.15, 0.2) is 33.8 Å². The minimum Gasteiger partial charge on any atom is -0.361 e. The van der Waals surface area contributed by atoms with Gasteiger partial charge in [-0.2, -0.15) is 5.10 Å². The Kier molecular flexibility index (Phi) is 3.99. The lowest BCUT2D eigenvalue weighted by Crippen LogP contribution is -2.32. The second-order valence-electron chi connectivity index (χ2n) is 2.62. The summed E-state index contributed by atoms with van der Waals surface area (Å²) in [6.45, 7) is 0. The molecule has 78 valence electrons. The van der Waals surface area contributed by atoms with Crippen LogP contribution in [0, 0.1) is 0 Å². The van der Waals surface area contributed by atoms with Crippen LogP contribution >= 0.6 is 15.9 Å². The molecule has 0 atom stereocenters. The standard InChI is InChI=1S/C9H8BrN3O2/c10-7-3-1-2-6(4-7)5-12-13-9(15)8(11)14/h1-5H,(H2,11,14)(H,13,15)/b12-5+. The van der Waals surface area contributed by atoms with Crippen molar-refractivity contribution in [2.45, 2.75) is 0 Å². The topological polar surface area (TPSA) is 84.5 Å². The largest absolute Gasteiger partial charge is 0.361 e. The molecule has 0 aliphatic rings. The number of primary amides is 1. The molecule has 0 saturated carbocycles. The number of amides is 2. The van der Waals surface area contributed by atoms with E-state index in [4.69, 9.17) is 5.73 Å². The molecular formula is C9H8BrN3O2. The summed E-state index contributed by atoms with van der Waals surface area (Å²) in [5, 5.41) is 3.56. The molecule has 1 aromatic carbocycles. The van der Waals surface area contributed by atoms with Crippen molar-refractivity contribution in [3.63, 3.8) is 0 Å². The number of benzene rings is 1. The molecule has 0 heterocycles. The van der Waals surface area contributed by atoms with Crippen LogP contribution in [0.1, 0.15) is 5.56 Å². The number of nitrogens with one attached hydrogen (secondary N) is 1. The first-order valence-corrected chi connectivity index (χ1v) is 4.77. The minimum atomic E-state index is -1.07. The van der Waals surface area contributed by atoms with Gasteiger partial charge in [-0.25, -0.2) is 5.43 Å². The molecule has 2 amide bonds. The molecule has 1 aromatic rings. The van der Waals surface area contributed by atoms with E-state index in [1.54, 1.807) is 12.1 Å². The summed E-state index contributed by atoms with van der Waals surface area (Å²) in [6.07, 6.45) is 1.41. The SMILES string of the molecule is NC(=O)C(=O)N/N=C/c1cccc(Br)c1. The van der Waals surface area contributed by atoms with E-state index < -0.39 is 11.8 Å². The fourth-order valence-corrected chi connectivity index (χ4v) is 1.22. The summed E-state index contributed by atoms with van der Waals surface area (Å²) in [4.78, 5) is 21.0. The van der Waals surface area contributed by atoms with Gasteiger partial charge in [0, 0.05) is 4.47 Å². The van der Waals surface area contributed by atoms with E-state index in [1.165, 1.54) is 6.21 Å². The number of hydrazone groups is 1. The van der Waals surface area contributed by atoms with Gasteiger partial charge in [-0.05, 0) is 17.7 Å². The van der Waals surface area contributed by atoms with Crippen molar-refractivity contribution >= 4 is 34.0 Å². The van der Waals surface area contributed by atoms with Crippen LogP contribution in [0.5, 0.6) is 0 Å². The predicted octanol–water partition coefficient (Wildman–Crippen LogP) is 0.385. The van der Waals surface area contributed by atoms with E-state index in [0.29, 0.717) is 0 Å². The highest BCUT2D eigenvalue weighted by Crippen LogP contribution is 2.09. The van der Waals surface area contributed by atoms with Crippen LogP contribution in [-0.4, -0.2) is 18.0 Å². The number of hydrogen-bond acceptors (Lipinski definition) is 3. The lowest BCUT2D eigenvalue weighted by molar-refractivity contribution is -0.137. The van der Waals surface area contributed by atoms with E-state index in [2.05, 4.69) is 21.0 Å². The third kappa shape index (κ3) is 3.90. The van der Waals surface area contributed by atoms with Gasteiger partial charge in [-0.1, -0.05) is 28.1 Å². The zero-order valence-electron chi connectivity index (χ0n) is 7.61. The Morgan fingerprint density at radius 2 is 2.20 bits per heavy atom. The number of nitrogens with zero attached hydrogens (tertiary/aromatic N) is 1. The average molecular weight is 270 g/mol. The highest BCUT2D eigenvalue weighted by molar-refractivity contribution is 9.10. The number of carbonyl (C=O) groups is 2. The molecule has 0 aliphatic carbocycles. The van der Waals surface area contributed by atoms with E-state index in [1.807, 2.05) is 17.6 Å². The van der Waals surface area contributed by atoms with Gasteiger partial charge in [0.2, 0.25) is 0 Å². The van der Waals surface area contributed by atoms with E-state index in [0.717, 1.165) is 10.0 Å². The molecule has 5 nitrogen and oxygen atoms in total. The maximum absolute atomic E-state index is 10.7. The number of carbonyl (C=O) groups excluding carboxylic acids is 2. The summed E-state index contributed by atoms with van der Waals surface area (Å²) in [6, 6.07) is 7.28. The molecular weight excluding hydrogens is 262 g/mol. The van der Waals surface area contributed by atoms with Crippen molar-refractivity contribution in [2.75, 3.05) is 0 Å². The molecule has 0 unspecified atom stereocenters. The van der Waals surface area contributed by atoms with Crippen LogP contribution in [0.25, 0.3) is 0 Å². The first-order chi connectivity index (χ1) is 7.09. The summed E-state index contributed by atoms with van der Waals surface area (Å²) < 4.78 is 0.896. The zero-order chi connectivity index (χ0) is 11.3. The Morgan fingerprint density at radius 1 is 1.47 bits per heavy atom. The third-order valence-electron chi connectivity index (χ3n) is 1.45. The highest BCUT2D eigenvalue weighted by Gasteiger charge is 2.04. The van der Waals surface area contributed by atoms with Gasteiger partial charge in [0.15, 0.2) is 0 Å². The Balaban J connectivity index is 2.59. The first kappa shape index (κ1) is 11.4. The average Bonchev–Trinajstić information content (AvgIpc) is 2.17. The monoisotopic (exact) mass is 269 g/mol. The van der Waals surface area contributed by atoms with Gasteiger partial charge in [0.05, 0.1) is 6.21 Å². The van der Waals surface area contributed by atoms with E-state index in [9.17, 15) is 9.59 Å². The fraction of sp³-hybridized carbons (Fsp3) is 0. The third-order valence-corrected chi connectivity index (χ3v) is 1.95. The summed E-state index contributed by atoms with van der Waals surface area (Å²) in [7, 11) is 0. The maximum atomic E-state index is 10.7. The molecule has 0 saturated heterocycles. The van der Waals surface area contributed by atoms with Crippen LogP contribution in [-0.2, 0) is 9.59 Å². The van der Waals surface area contributed by atoms with Crippen LogP contribution < -0.4 is 11.2 Å². The Bertz CT molecular complexity index is 418. The molecule has 0 bridgehead atoms. The molecule has 0 aliphatic heterocycles. The predicted molar refractivity (Wildman–Crippen MR) is 59.1 cm³/mol. The lowest BCUT2D eigenvalue weighted by Gasteiger charge is -1.95. The van der Waals surface area contributed by atoms with Crippen molar-refractivity contribution < 1.29 is 9.59 Å². The molecule has 0 radical (unpaired) electrons. The van der Waals surface area contributed by atoms with E-state index in [-0.39, 0.29) is 0 Å². The smallest absolute Gasteiger partial charge is 0.329 e. The van der Waals surface area contributed by atoms with Crippen molar-refractivity contribution in [3.8, 4) is 0 Å². The second-order valence-corrected chi connectivity index (χ2v) is 3.53. The number of nitrogens with two attached hydrogens (primary N) is 1. The summed E-state index contributed by atoms with van der Waals surface area (Å²) in [5.74, 6) is -2.01. The van der Waals surface area contributed by atoms with Crippen LogP contribution in [0.3, 0.4) is 0 Å². The summed E-state index contributed by atoms with van der Waals surface area (Å²) in [5.41, 5.74) is 7.48. The van der Waals surface area contributed by atoms with Crippen molar-refractivity contribution in [3.05, 3.63) is 34.3 Å². The van der Waals surface area contributed by atoms with Gasteiger partial charge in [0.1, 0.15) is 0 Å². The molecule has 15 heavy (non-hydrogen) atoms. The minimum absolute atomic E-state index is 0.786. The highest BCUT2D eigenvalue weighted by atomic mass is 79.9. The molecule has 0 fully saturated rings. The Labute approximate surface area is 94.5 Å². The van der Waals surface area contributed by atoms with Gasteiger partial charge >= 0.3 is 11.8 Å². The second kappa shape index (κ2) is 5.26. The molecule has 3 N–H and O–H groups in total. The number of hydrogen-bond donors (Lipinski definition) is 2. The molecule has 0 spiro atoms. The van der Waals surface area contributed by atoms with Crippen LogP contribution in [0.2, 0.25) is 0 Å². The van der Waals surface area contributed by atoms with Crippen molar-refractivity contribution in [1.82, 2.24) is 5.43 Å². The van der Waals surface area contributed by atoms with Crippen molar-refractivity contribution in [2.24, 2.45) is 10.8 Å². The fourth-order valence-electron chi connectivity index (χ4n) is 0.807. The number of halogens is 1. The van der Waals surface area contributed by atoms with Crippen molar-refractivity contribution in [1.29, 1.82) is 0 Å². The van der Waals surface area contributed by atoms with Gasteiger partial charge in [-0.15, -0.1) is 0 Å². The molecule has 1 rings (SSSR count). The van der Waals surface area contributed by atoms with Crippen LogP contribution in [0.4, 0.5) is 0 Å². The number of rotatable bonds is 2. The van der Waals surface area contributed by atoms with Gasteiger partial charge < -0.3 is 5.73 Å². The normalized spacial score (nSPS) is 10.2. The maximum Gasteiger partial charge on any atom is 0.329 e. The molecule has 0 aromatic heterocycles. The quantitative estimate of drug-likeness (QED) is 0.462. The Hall–Kier alpha value is -1.69. The van der Waals surface area contributed by atoms with Gasteiger partial charge in [0.25, 0.3) is 0 Å². The molecule has 6 heteroatoms. The lowest BCUT2D eigenvalue weighted by atomic mass is 10.2. The van der Waals surface area contributed by atoms with E-state index >= 15 is 0 Å². The summed E-state index contributed by atoms with van der Waals surface area (Å²) >= 11 is 3.28. The Morgan fingerprint density at radius 3 is 2.80 bits per heavy atom. The zero-order valence-corrected chi connectivity index (χ0v) is 9.19.